The highest BCUT2D eigenvalue weighted by Crippen LogP contribution is 2.26. The van der Waals surface area contributed by atoms with Gasteiger partial charge in [-0.1, -0.05) is 6.07 Å². The van der Waals surface area contributed by atoms with Crippen LogP contribution < -0.4 is 4.90 Å². The van der Waals surface area contributed by atoms with Crippen molar-refractivity contribution in [3.8, 4) is 0 Å². The van der Waals surface area contributed by atoms with E-state index in [9.17, 15) is 9.59 Å². The first-order chi connectivity index (χ1) is 12.0. The summed E-state index contributed by atoms with van der Waals surface area (Å²) in [6.07, 6.45) is 5.04. The maximum absolute atomic E-state index is 13.0. The predicted octanol–water partition coefficient (Wildman–Crippen LogP) is 1.77. The first kappa shape index (κ1) is 17.7. The van der Waals surface area contributed by atoms with Crippen LogP contribution >= 0.6 is 0 Å². The fourth-order valence-electron chi connectivity index (χ4n) is 3.66. The Hall–Kier alpha value is -2.11. The van der Waals surface area contributed by atoms with E-state index in [1.807, 2.05) is 28.0 Å². The highest BCUT2D eigenvalue weighted by molar-refractivity contribution is 6.04. The van der Waals surface area contributed by atoms with Crippen LogP contribution in [0.4, 0.5) is 5.82 Å². The number of anilines is 1. The summed E-state index contributed by atoms with van der Waals surface area (Å²) in [7, 11) is 0. The van der Waals surface area contributed by atoms with Crippen molar-refractivity contribution in [3.05, 3.63) is 24.4 Å². The summed E-state index contributed by atoms with van der Waals surface area (Å²) in [5.74, 6) is 0.867. The number of piperidine rings is 1. The van der Waals surface area contributed by atoms with Gasteiger partial charge in [0.1, 0.15) is 11.2 Å². The van der Waals surface area contributed by atoms with Crippen LogP contribution in [0.15, 0.2) is 24.4 Å². The monoisotopic (exact) mass is 344 g/mol. The van der Waals surface area contributed by atoms with Crippen LogP contribution in [0.5, 0.6) is 0 Å². The van der Waals surface area contributed by atoms with Crippen LogP contribution in [0, 0.1) is 5.41 Å². The van der Waals surface area contributed by atoms with Crippen molar-refractivity contribution in [1.29, 1.82) is 0 Å². The second-order valence-corrected chi connectivity index (χ2v) is 7.45. The molecule has 0 radical (unpaired) electrons. The summed E-state index contributed by atoms with van der Waals surface area (Å²) in [4.78, 5) is 36.1. The molecular formula is C19H28N4O2. The molecular weight excluding hydrogens is 316 g/mol. The number of rotatable bonds is 3. The fourth-order valence-corrected chi connectivity index (χ4v) is 3.66. The molecule has 3 rings (SSSR count). The van der Waals surface area contributed by atoms with Crippen molar-refractivity contribution in [1.82, 2.24) is 14.8 Å². The summed E-state index contributed by atoms with van der Waals surface area (Å²) in [5, 5.41) is 0. The summed E-state index contributed by atoms with van der Waals surface area (Å²) >= 11 is 0. The van der Waals surface area contributed by atoms with E-state index >= 15 is 0 Å². The molecule has 0 aromatic carbocycles. The molecule has 3 heterocycles. The lowest BCUT2D eigenvalue weighted by atomic mass is 9.88. The zero-order valence-corrected chi connectivity index (χ0v) is 15.3. The smallest absolute Gasteiger partial charge is 0.237 e. The number of amides is 2. The third-order valence-electron chi connectivity index (χ3n) is 5.25. The second kappa shape index (κ2) is 7.42. The first-order valence-corrected chi connectivity index (χ1v) is 9.25. The van der Waals surface area contributed by atoms with E-state index in [2.05, 4.69) is 9.88 Å². The largest absolute Gasteiger partial charge is 0.353 e. The molecule has 0 N–H and O–H groups in total. The molecule has 2 fully saturated rings. The van der Waals surface area contributed by atoms with Gasteiger partial charge in [-0.05, 0) is 45.2 Å². The minimum absolute atomic E-state index is 0.0237. The number of aromatic nitrogens is 1. The van der Waals surface area contributed by atoms with Gasteiger partial charge < -0.3 is 14.7 Å². The van der Waals surface area contributed by atoms with Crippen molar-refractivity contribution in [2.45, 2.75) is 33.1 Å². The summed E-state index contributed by atoms with van der Waals surface area (Å²) in [6.45, 7) is 7.87. The molecule has 0 unspecified atom stereocenters. The summed E-state index contributed by atoms with van der Waals surface area (Å²) in [5.41, 5.74) is -0.982. The van der Waals surface area contributed by atoms with Crippen molar-refractivity contribution in [2.75, 3.05) is 44.2 Å². The molecule has 136 valence electrons. The van der Waals surface area contributed by atoms with E-state index in [4.69, 9.17) is 0 Å². The van der Waals surface area contributed by atoms with Crippen LogP contribution in [0.2, 0.25) is 0 Å². The van der Waals surface area contributed by atoms with Gasteiger partial charge in [-0.15, -0.1) is 0 Å². The standard InChI is InChI=1S/C19H28N4O2/c1-19(2,17(24)22-10-6-3-7-11-22)18(25)23-14-12-21(13-15-23)16-8-4-5-9-20-16/h4-5,8-9H,3,6-7,10-15H2,1-2H3. The maximum Gasteiger partial charge on any atom is 0.237 e. The average molecular weight is 344 g/mol. The zero-order chi connectivity index (χ0) is 17.9. The molecule has 1 aromatic rings. The Balaban J connectivity index is 1.60. The quantitative estimate of drug-likeness (QED) is 0.784. The summed E-state index contributed by atoms with van der Waals surface area (Å²) in [6, 6.07) is 5.86. The van der Waals surface area contributed by atoms with Crippen LogP contribution in [0.25, 0.3) is 0 Å². The van der Waals surface area contributed by atoms with Crippen molar-refractivity contribution in [2.24, 2.45) is 5.41 Å². The van der Waals surface area contributed by atoms with E-state index in [0.717, 1.165) is 44.8 Å². The lowest BCUT2D eigenvalue weighted by Gasteiger charge is -2.40. The predicted molar refractivity (Wildman–Crippen MR) is 97.2 cm³/mol. The summed E-state index contributed by atoms with van der Waals surface area (Å²) < 4.78 is 0. The zero-order valence-electron chi connectivity index (χ0n) is 15.3. The highest BCUT2D eigenvalue weighted by Gasteiger charge is 2.42. The van der Waals surface area contributed by atoms with Gasteiger partial charge in [-0.2, -0.15) is 0 Å². The molecule has 2 saturated heterocycles. The second-order valence-electron chi connectivity index (χ2n) is 7.45. The van der Waals surface area contributed by atoms with Gasteiger partial charge in [0.2, 0.25) is 11.8 Å². The van der Waals surface area contributed by atoms with Gasteiger partial charge in [0, 0.05) is 45.5 Å². The number of pyridine rings is 1. The topological polar surface area (TPSA) is 56.8 Å². The molecule has 6 heteroatoms. The van der Waals surface area contributed by atoms with E-state index in [-0.39, 0.29) is 11.8 Å². The van der Waals surface area contributed by atoms with Crippen molar-refractivity contribution >= 4 is 17.6 Å². The van der Waals surface area contributed by atoms with Crippen LogP contribution in [0.1, 0.15) is 33.1 Å². The van der Waals surface area contributed by atoms with Gasteiger partial charge in [0.05, 0.1) is 0 Å². The SMILES string of the molecule is CC(C)(C(=O)N1CCCCC1)C(=O)N1CCN(c2ccccn2)CC1. The van der Waals surface area contributed by atoms with Crippen LogP contribution in [0.3, 0.4) is 0 Å². The molecule has 0 saturated carbocycles. The Bertz CT molecular complexity index is 603. The Morgan fingerprint density at radius 1 is 0.880 bits per heavy atom. The highest BCUT2D eigenvalue weighted by atomic mass is 16.2. The third kappa shape index (κ3) is 3.78. The number of hydrogen-bond donors (Lipinski definition) is 0. The molecule has 6 nitrogen and oxygen atoms in total. The molecule has 0 spiro atoms. The number of likely N-dealkylation sites (tertiary alicyclic amines) is 1. The van der Waals surface area contributed by atoms with Gasteiger partial charge in [0.25, 0.3) is 0 Å². The Labute approximate surface area is 149 Å². The number of hydrogen-bond acceptors (Lipinski definition) is 4. The lowest BCUT2D eigenvalue weighted by molar-refractivity contribution is -0.154. The molecule has 2 amide bonds. The van der Waals surface area contributed by atoms with Gasteiger partial charge in [-0.3, -0.25) is 9.59 Å². The number of carbonyl (C=O) groups is 2. The van der Waals surface area contributed by atoms with Crippen molar-refractivity contribution in [3.63, 3.8) is 0 Å². The minimum atomic E-state index is -0.982. The molecule has 0 atom stereocenters. The lowest BCUT2D eigenvalue weighted by Crippen LogP contribution is -2.56. The molecule has 0 aliphatic carbocycles. The first-order valence-electron chi connectivity index (χ1n) is 9.25. The van der Waals surface area contributed by atoms with E-state index in [0.29, 0.717) is 13.1 Å². The normalized spacial score (nSPS) is 19.0. The molecule has 2 aliphatic heterocycles. The van der Waals surface area contributed by atoms with E-state index < -0.39 is 5.41 Å². The number of carbonyl (C=O) groups excluding carboxylic acids is 2. The maximum atomic E-state index is 13.0. The van der Waals surface area contributed by atoms with Gasteiger partial charge >= 0.3 is 0 Å². The van der Waals surface area contributed by atoms with Crippen molar-refractivity contribution < 1.29 is 9.59 Å². The molecule has 1 aromatic heterocycles. The van der Waals surface area contributed by atoms with Gasteiger partial charge in [0.15, 0.2) is 0 Å². The Kier molecular flexibility index (Phi) is 5.25. The molecule has 0 bridgehead atoms. The average Bonchev–Trinajstić information content (AvgIpc) is 2.68. The Morgan fingerprint density at radius 2 is 1.48 bits per heavy atom. The Morgan fingerprint density at radius 3 is 2.04 bits per heavy atom. The third-order valence-corrected chi connectivity index (χ3v) is 5.25. The molecule has 25 heavy (non-hydrogen) atoms. The van der Waals surface area contributed by atoms with Gasteiger partial charge in [-0.25, -0.2) is 4.98 Å². The van der Waals surface area contributed by atoms with E-state index in [1.165, 1.54) is 6.42 Å². The van der Waals surface area contributed by atoms with E-state index in [1.54, 1.807) is 20.0 Å². The molecule has 2 aliphatic rings. The fraction of sp³-hybridized carbons (Fsp3) is 0.632. The number of piperazine rings is 1. The number of nitrogens with zero attached hydrogens (tertiary/aromatic N) is 4. The van der Waals surface area contributed by atoms with Crippen LogP contribution in [-0.4, -0.2) is 65.9 Å². The van der Waals surface area contributed by atoms with Crippen LogP contribution in [-0.2, 0) is 9.59 Å². The minimum Gasteiger partial charge on any atom is -0.353 e.